The summed E-state index contributed by atoms with van der Waals surface area (Å²) >= 11 is 16.3. The first-order valence-corrected chi connectivity index (χ1v) is 12.4. The third-order valence-corrected chi connectivity index (χ3v) is 6.73. The third kappa shape index (κ3) is 5.25. The summed E-state index contributed by atoms with van der Waals surface area (Å²) in [7, 11) is 0. The van der Waals surface area contributed by atoms with Gasteiger partial charge in [0.1, 0.15) is 11.2 Å². The fourth-order valence-electron chi connectivity index (χ4n) is 3.95. The summed E-state index contributed by atoms with van der Waals surface area (Å²) in [5.41, 5.74) is 1.74. The van der Waals surface area contributed by atoms with E-state index in [2.05, 4.69) is 21.2 Å². The van der Waals surface area contributed by atoms with E-state index in [4.69, 9.17) is 32.9 Å². The smallest absolute Gasteiger partial charge is 0.251 e. The van der Waals surface area contributed by atoms with Crippen LogP contribution in [0.15, 0.2) is 53.0 Å². The molecule has 1 aliphatic rings. The SMILES string of the molecule is CC1(C)CC(NC(=O)C(C)(C)O)c2cc(-c3ccc(Cl)cc3)c(-c3cc(Br)ccc3Cl)nc2O1. The zero-order chi connectivity index (χ0) is 24.8. The first-order chi connectivity index (χ1) is 15.8. The zero-order valence-electron chi connectivity index (χ0n) is 19.2. The Morgan fingerprint density at radius 1 is 1.15 bits per heavy atom. The Morgan fingerprint density at radius 3 is 2.47 bits per heavy atom. The van der Waals surface area contributed by atoms with Crippen molar-refractivity contribution in [2.45, 2.75) is 51.4 Å². The fraction of sp³-hybridized carbons (Fsp3) is 0.308. The highest BCUT2D eigenvalue weighted by atomic mass is 79.9. The summed E-state index contributed by atoms with van der Waals surface area (Å²) in [6.45, 7) is 6.81. The maximum Gasteiger partial charge on any atom is 0.251 e. The van der Waals surface area contributed by atoms with Crippen molar-refractivity contribution in [3.8, 4) is 28.3 Å². The number of amides is 1. The van der Waals surface area contributed by atoms with Gasteiger partial charge in [-0.05, 0) is 69.7 Å². The number of aromatic nitrogens is 1. The van der Waals surface area contributed by atoms with Crippen molar-refractivity contribution in [1.29, 1.82) is 0 Å². The van der Waals surface area contributed by atoms with Crippen LogP contribution in [0, 0.1) is 0 Å². The summed E-state index contributed by atoms with van der Waals surface area (Å²) in [4.78, 5) is 17.6. The average Bonchev–Trinajstić information content (AvgIpc) is 2.74. The van der Waals surface area contributed by atoms with E-state index >= 15 is 0 Å². The predicted octanol–water partition coefficient (Wildman–Crippen LogP) is 6.97. The van der Waals surface area contributed by atoms with Gasteiger partial charge in [-0.3, -0.25) is 4.79 Å². The van der Waals surface area contributed by atoms with E-state index in [1.54, 1.807) is 0 Å². The number of nitrogens with zero attached hydrogens (tertiary/aromatic N) is 1. The third-order valence-electron chi connectivity index (χ3n) is 5.66. The quantitative estimate of drug-likeness (QED) is 0.359. The number of pyridine rings is 1. The summed E-state index contributed by atoms with van der Waals surface area (Å²) in [6.07, 6.45) is 0.514. The number of rotatable bonds is 4. The minimum absolute atomic E-state index is 0.400. The molecule has 1 atom stereocenters. The Hall–Kier alpha value is -2.12. The van der Waals surface area contributed by atoms with Gasteiger partial charge in [0.2, 0.25) is 5.88 Å². The largest absolute Gasteiger partial charge is 0.471 e. The van der Waals surface area contributed by atoms with Gasteiger partial charge < -0.3 is 15.2 Å². The van der Waals surface area contributed by atoms with Crippen LogP contribution in [0.3, 0.4) is 0 Å². The van der Waals surface area contributed by atoms with E-state index in [1.807, 2.05) is 62.4 Å². The molecule has 2 aromatic carbocycles. The normalized spacial score (nSPS) is 17.0. The van der Waals surface area contributed by atoms with Gasteiger partial charge in [-0.1, -0.05) is 51.3 Å². The molecule has 2 N–H and O–H groups in total. The molecule has 0 saturated carbocycles. The van der Waals surface area contributed by atoms with Crippen molar-refractivity contribution in [2.75, 3.05) is 0 Å². The van der Waals surface area contributed by atoms with Gasteiger partial charge in [0.15, 0.2) is 0 Å². The predicted molar refractivity (Wildman–Crippen MR) is 139 cm³/mol. The van der Waals surface area contributed by atoms with Gasteiger partial charge in [-0.15, -0.1) is 0 Å². The second-order valence-corrected chi connectivity index (χ2v) is 11.3. The lowest BCUT2D eigenvalue weighted by atomic mass is 9.88. The highest BCUT2D eigenvalue weighted by Crippen LogP contribution is 2.45. The van der Waals surface area contributed by atoms with Gasteiger partial charge in [0, 0.05) is 32.6 Å². The molecule has 3 aromatic rings. The van der Waals surface area contributed by atoms with Gasteiger partial charge in [-0.2, -0.15) is 0 Å². The molecule has 0 saturated heterocycles. The van der Waals surface area contributed by atoms with Crippen LogP contribution in [0.5, 0.6) is 5.88 Å². The van der Waals surface area contributed by atoms with Crippen LogP contribution >= 0.6 is 39.1 Å². The second-order valence-electron chi connectivity index (χ2n) is 9.56. The topological polar surface area (TPSA) is 71.5 Å². The molecule has 8 heteroatoms. The lowest BCUT2D eigenvalue weighted by Gasteiger charge is -2.38. The lowest BCUT2D eigenvalue weighted by molar-refractivity contribution is -0.137. The number of halogens is 3. The molecule has 34 heavy (non-hydrogen) atoms. The van der Waals surface area contributed by atoms with Gasteiger partial charge in [-0.25, -0.2) is 4.98 Å². The monoisotopic (exact) mass is 562 g/mol. The number of benzene rings is 2. The second kappa shape index (κ2) is 9.15. The summed E-state index contributed by atoms with van der Waals surface area (Å²) < 4.78 is 7.12. The van der Waals surface area contributed by atoms with E-state index in [0.717, 1.165) is 26.7 Å². The fourth-order valence-corrected chi connectivity index (χ4v) is 4.64. The molecular weight excluding hydrogens is 539 g/mol. The molecular formula is C26H25BrCl2N2O3. The molecule has 2 heterocycles. The number of carbonyl (C=O) groups excluding carboxylic acids is 1. The highest BCUT2D eigenvalue weighted by Gasteiger charge is 2.38. The average molecular weight is 564 g/mol. The molecule has 0 fully saturated rings. The molecule has 1 aliphatic heterocycles. The Balaban J connectivity index is 1.94. The van der Waals surface area contributed by atoms with Crippen LogP contribution in [0.2, 0.25) is 10.0 Å². The first-order valence-electron chi connectivity index (χ1n) is 10.8. The molecule has 0 bridgehead atoms. The summed E-state index contributed by atoms with van der Waals surface area (Å²) in [5, 5.41) is 14.4. The minimum Gasteiger partial charge on any atom is -0.471 e. The van der Waals surface area contributed by atoms with E-state index in [-0.39, 0.29) is 0 Å². The van der Waals surface area contributed by atoms with Gasteiger partial charge in [0.25, 0.3) is 5.91 Å². The van der Waals surface area contributed by atoms with E-state index < -0.39 is 23.2 Å². The number of carbonyl (C=O) groups is 1. The van der Waals surface area contributed by atoms with Crippen LogP contribution in [0.1, 0.15) is 45.7 Å². The van der Waals surface area contributed by atoms with Gasteiger partial charge >= 0.3 is 0 Å². The highest BCUT2D eigenvalue weighted by molar-refractivity contribution is 9.10. The van der Waals surface area contributed by atoms with Crippen LogP contribution < -0.4 is 10.1 Å². The number of fused-ring (bicyclic) bond motifs is 1. The van der Waals surface area contributed by atoms with Crippen molar-refractivity contribution in [1.82, 2.24) is 10.3 Å². The van der Waals surface area contributed by atoms with Crippen molar-refractivity contribution < 1.29 is 14.6 Å². The molecule has 0 aliphatic carbocycles. The minimum atomic E-state index is -1.52. The molecule has 4 rings (SSSR count). The Kier molecular flexibility index (Phi) is 6.73. The number of ether oxygens (including phenoxy) is 1. The number of hydrogen-bond donors (Lipinski definition) is 2. The molecule has 1 amide bonds. The number of hydrogen-bond acceptors (Lipinski definition) is 4. The molecule has 1 unspecified atom stereocenters. The Morgan fingerprint density at radius 2 is 1.82 bits per heavy atom. The van der Waals surface area contributed by atoms with Crippen LogP contribution in [0.4, 0.5) is 0 Å². The molecule has 0 spiro atoms. The van der Waals surface area contributed by atoms with Crippen LogP contribution in [-0.2, 0) is 4.79 Å². The van der Waals surface area contributed by atoms with Crippen molar-refractivity contribution in [3.63, 3.8) is 0 Å². The van der Waals surface area contributed by atoms with Crippen molar-refractivity contribution in [3.05, 3.63) is 68.6 Å². The molecule has 1 aromatic heterocycles. The lowest BCUT2D eigenvalue weighted by Crippen LogP contribution is -2.47. The number of aliphatic hydroxyl groups is 1. The van der Waals surface area contributed by atoms with Crippen molar-refractivity contribution >= 4 is 45.0 Å². The first kappa shape index (κ1) is 25.0. The molecule has 178 valence electrons. The Labute approximate surface area is 217 Å². The number of nitrogens with one attached hydrogen (secondary N) is 1. The van der Waals surface area contributed by atoms with Crippen LogP contribution in [0.25, 0.3) is 22.4 Å². The van der Waals surface area contributed by atoms with E-state index in [9.17, 15) is 9.90 Å². The maximum atomic E-state index is 12.7. The molecule has 5 nitrogen and oxygen atoms in total. The van der Waals surface area contributed by atoms with E-state index in [0.29, 0.717) is 28.0 Å². The maximum absolute atomic E-state index is 12.7. The molecule has 0 radical (unpaired) electrons. The van der Waals surface area contributed by atoms with Crippen LogP contribution in [-0.4, -0.2) is 27.2 Å². The van der Waals surface area contributed by atoms with Crippen molar-refractivity contribution in [2.24, 2.45) is 0 Å². The standard InChI is InChI=1S/C26H25BrCl2N2O3/c1-25(2)13-21(30-24(32)26(3,4)33)19-12-17(14-5-8-16(28)9-6-14)22(31-23(19)34-25)18-11-15(27)7-10-20(18)29/h5-12,21,33H,13H2,1-4H3,(H,30,32). The zero-order valence-corrected chi connectivity index (χ0v) is 22.3. The van der Waals surface area contributed by atoms with Gasteiger partial charge in [0.05, 0.1) is 16.8 Å². The Bertz CT molecular complexity index is 1250. The summed E-state index contributed by atoms with van der Waals surface area (Å²) in [6, 6.07) is 14.6. The van der Waals surface area contributed by atoms with E-state index in [1.165, 1.54) is 13.8 Å². The summed E-state index contributed by atoms with van der Waals surface area (Å²) in [5.74, 6) is -0.0469.